The lowest BCUT2D eigenvalue weighted by Crippen LogP contribution is -2.52. The van der Waals surface area contributed by atoms with Crippen LogP contribution in [0.1, 0.15) is 69.7 Å². The van der Waals surface area contributed by atoms with Crippen LogP contribution in [0.5, 0.6) is 5.75 Å². The number of aryl methyl sites for hydroxylation is 2. The first kappa shape index (κ1) is 33.0. The molecule has 220 valence electrons. The Kier molecular flexibility index (Phi) is 12.8. The van der Waals surface area contributed by atoms with Gasteiger partial charge in [0.05, 0.1) is 7.11 Å². The quantitative estimate of drug-likeness (QED) is 0.294. The number of anilines is 1. The fourth-order valence-electron chi connectivity index (χ4n) is 4.13. The third kappa shape index (κ3) is 10.1. The molecule has 0 aromatic heterocycles. The van der Waals surface area contributed by atoms with E-state index >= 15 is 0 Å². The fourth-order valence-corrected chi connectivity index (χ4v) is 4.60. The third-order valence-corrected chi connectivity index (χ3v) is 7.04. The lowest BCUT2D eigenvalue weighted by atomic mass is 9.97. The van der Waals surface area contributed by atoms with Gasteiger partial charge in [0, 0.05) is 12.2 Å². The molecule has 40 heavy (non-hydrogen) atoms. The van der Waals surface area contributed by atoms with Crippen LogP contribution < -0.4 is 15.4 Å². The van der Waals surface area contributed by atoms with Crippen molar-refractivity contribution < 1.29 is 23.9 Å². The molecule has 2 aromatic carbocycles. The molecule has 2 N–H and O–H groups in total. The highest BCUT2D eigenvalue weighted by atomic mass is 32.2. The second kappa shape index (κ2) is 15.6. The van der Waals surface area contributed by atoms with E-state index in [4.69, 9.17) is 9.47 Å². The van der Waals surface area contributed by atoms with Crippen molar-refractivity contribution in [3.8, 4) is 5.75 Å². The van der Waals surface area contributed by atoms with Crippen molar-refractivity contribution in [2.75, 3.05) is 31.0 Å². The van der Waals surface area contributed by atoms with Gasteiger partial charge in [0.25, 0.3) is 5.91 Å². The predicted octanol–water partition coefficient (Wildman–Crippen LogP) is 6.27. The lowest BCUT2D eigenvalue weighted by molar-refractivity contribution is -0.141. The Labute approximate surface area is 243 Å². The normalized spacial score (nSPS) is 12.7. The Morgan fingerprint density at radius 3 is 2.25 bits per heavy atom. The highest BCUT2D eigenvalue weighted by Gasteiger charge is 2.36. The summed E-state index contributed by atoms with van der Waals surface area (Å²) >= 11 is 1.58. The van der Waals surface area contributed by atoms with Crippen LogP contribution in [0.4, 0.5) is 10.5 Å². The van der Waals surface area contributed by atoms with Crippen LogP contribution in [-0.4, -0.2) is 60.1 Å². The SMILES string of the molecule is CCCCN(C(=O)C(CCSC)NC(=O)OC(C)(C)C)C(C(=O)Nc1ccc(OC)cc1)c1ccc(C)c(C)c1. The molecule has 0 aliphatic carbocycles. The first-order chi connectivity index (χ1) is 18.9. The molecule has 2 atom stereocenters. The largest absolute Gasteiger partial charge is 0.497 e. The molecule has 0 radical (unpaired) electrons. The molecule has 0 heterocycles. The molecule has 2 unspecified atom stereocenters. The molecule has 0 aliphatic heterocycles. The highest BCUT2D eigenvalue weighted by Crippen LogP contribution is 2.28. The number of nitrogens with one attached hydrogen (secondary N) is 2. The van der Waals surface area contributed by atoms with Gasteiger partial charge < -0.3 is 25.0 Å². The minimum atomic E-state index is -0.905. The van der Waals surface area contributed by atoms with Gasteiger partial charge in [-0.15, -0.1) is 0 Å². The number of carbonyl (C=O) groups excluding carboxylic acids is 3. The molecule has 3 amide bonds. The summed E-state index contributed by atoms with van der Waals surface area (Å²) in [6.07, 6.45) is 3.22. The van der Waals surface area contributed by atoms with Gasteiger partial charge in [0.15, 0.2) is 0 Å². The van der Waals surface area contributed by atoms with Gasteiger partial charge >= 0.3 is 6.09 Å². The Morgan fingerprint density at radius 1 is 1.02 bits per heavy atom. The minimum Gasteiger partial charge on any atom is -0.497 e. The maximum absolute atomic E-state index is 14.2. The summed E-state index contributed by atoms with van der Waals surface area (Å²) in [5.41, 5.74) is 2.70. The van der Waals surface area contributed by atoms with Crippen LogP contribution in [0.3, 0.4) is 0 Å². The summed E-state index contributed by atoms with van der Waals surface area (Å²) in [4.78, 5) is 42.5. The van der Waals surface area contributed by atoms with Gasteiger partial charge in [-0.25, -0.2) is 4.79 Å². The number of hydrogen-bond donors (Lipinski definition) is 2. The second-order valence-corrected chi connectivity index (χ2v) is 11.8. The van der Waals surface area contributed by atoms with Crippen LogP contribution in [0.2, 0.25) is 0 Å². The molecule has 0 bridgehead atoms. The standard InChI is InChI=1S/C31H45N3O5S/c1-9-10-18-34(29(36)26(17-19-40-8)33-30(37)39-31(4,5)6)27(23-12-11-21(2)22(3)20-23)28(35)32-24-13-15-25(38-7)16-14-24/h11-16,20,26-27H,9-10,17-19H2,1-8H3,(H,32,35)(H,33,37). The van der Waals surface area contributed by atoms with Crippen molar-refractivity contribution in [2.24, 2.45) is 0 Å². The van der Waals surface area contributed by atoms with E-state index in [9.17, 15) is 14.4 Å². The molecule has 0 spiro atoms. The highest BCUT2D eigenvalue weighted by molar-refractivity contribution is 7.98. The Bertz CT molecular complexity index is 1130. The molecule has 0 saturated carbocycles. The summed E-state index contributed by atoms with van der Waals surface area (Å²) in [6, 6.07) is 11.1. The number of nitrogens with zero attached hydrogens (tertiary/aromatic N) is 1. The third-order valence-electron chi connectivity index (χ3n) is 6.40. The van der Waals surface area contributed by atoms with Crippen molar-refractivity contribution in [1.82, 2.24) is 10.2 Å². The smallest absolute Gasteiger partial charge is 0.408 e. The van der Waals surface area contributed by atoms with Crippen LogP contribution in [0.25, 0.3) is 0 Å². The Morgan fingerprint density at radius 2 is 1.70 bits per heavy atom. The van der Waals surface area contributed by atoms with E-state index in [0.717, 1.165) is 17.5 Å². The topological polar surface area (TPSA) is 97.0 Å². The van der Waals surface area contributed by atoms with Gasteiger partial charge in [-0.2, -0.15) is 11.8 Å². The number of thioether (sulfide) groups is 1. The van der Waals surface area contributed by atoms with Crippen LogP contribution in [-0.2, 0) is 14.3 Å². The van der Waals surface area contributed by atoms with E-state index in [0.29, 0.717) is 42.1 Å². The van der Waals surface area contributed by atoms with E-state index < -0.39 is 23.8 Å². The molecule has 8 nitrogen and oxygen atoms in total. The Hall–Kier alpha value is -3.20. The summed E-state index contributed by atoms with van der Waals surface area (Å²) in [5.74, 6) is 0.675. The molecule has 0 fully saturated rings. The van der Waals surface area contributed by atoms with E-state index in [-0.39, 0.29) is 11.8 Å². The van der Waals surface area contributed by atoms with Crippen molar-refractivity contribution in [2.45, 2.75) is 78.5 Å². The first-order valence-corrected chi connectivity index (χ1v) is 15.1. The van der Waals surface area contributed by atoms with Crippen LogP contribution in [0.15, 0.2) is 42.5 Å². The summed E-state index contributed by atoms with van der Waals surface area (Å²) in [6.45, 7) is 11.7. The minimum absolute atomic E-state index is 0.318. The zero-order valence-corrected chi connectivity index (χ0v) is 25.9. The number of benzene rings is 2. The predicted molar refractivity (Wildman–Crippen MR) is 163 cm³/mol. The summed E-state index contributed by atoms with van der Waals surface area (Å²) < 4.78 is 10.7. The molecular formula is C31H45N3O5S. The monoisotopic (exact) mass is 571 g/mol. The van der Waals surface area contributed by atoms with Crippen molar-refractivity contribution in [1.29, 1.82) is 0 Å². The molecule has 0 aliphatic rings. The molecule has 9 heteroatoms. The first-order valence-electron chi connectivity index (χ1n) is 13.7. The molecular weight excluding hydrogens is 526 g/mol. The number of carbonyl (C=O) groups is 3. The number of amides is 3. The van der Waals surface area contributed by atoms with Gasteiger partial charge in [0.2, 0.25) is 5.91 Å². The number of unbranched alkanes of at least 4 members (excludes halogenated alkanes) is 1. The van der Waals surface area contributed by atoms with E-state index in [1.54, 1.807) is 68.8 Å². The zero-order chi connectivity index (χ0) is 29.9. The summed E-state index contributed by atoms with van der Waals surface area (Å²) in [5, 5.41) is 5.77. The van der Waals surface area contributed by atoms with Crippen molar-refractivity contribution in [3.05, 3.63) is 59.2 Å². The lowest BCUT2D eigenvalue weighted by Gasteiger charge is -2.35. The fraction of sp³-hybridized carbons (Fsp3) is 0.516. The number of hydrogen-bond acceptors (Lipinski definition) is 6. The van der Waals surface area contributed by atoms with Gasteiger partial charge in [0.1, 0.15) is 23.4 Å². The number of methoxy groups -OCH3 is 1. The van der Waals surface area contributed by atoms with Crippen molar-refractivity contribution in [3.63, 3.8) is 0 Å². The van der Waals surface area contributed by atoms with Crippen LogP contribution in [0, 0.1) is 13.8 Å². The summed E-state index contributed by atoms with van der Waals surface area (Å²) in [7, 11) is 1.58. The maximum atomic E-state index is 14.2. The van der Waals surface area contributed by atoms with E-state index in [1.165, 1.54) is 0 Å². The maximum Gasteiger partial charge on any atom is 0.408 e. The molecule has 0 saturated heterocycles. The zero-order valence-electron chi connectivity index (χ0n) is 25.1. The molecule has 2 rings (SSSR count). The van der Waals surface area contributed by atoms with E-state index in [2.05, 4.69) is 10.6 Å². The number of alkyl carbamates (subject to hydrolysis) is 1. The average molecular weight is 572 g/mol. The van der Waals surface area contributed by atoms with Crippen molar-refractivity contribution >= 4 is 35.4 Å². The van der Waals surface area contributed by atoms with Gasteiger partial charge in [-0.3, -0.25) is 9.59 Å². The van der Waals surface area contributed by atoms with Gasteiger partial charge in [-0.1, -0.05) is 31.5 Å². The number of ether oxygens (including phenoxy) is 2. The van der Waals surface area contributed by atoms with Crippen LogP contribution >= 0.6 is 11.8 Å². The second-order valence-electron chi connectivity index (χ2n) is 10.8. The number of rotatable bonds is 13. The van der Waals surface area contributed by atoms with Gasteiger partial charge in [-0.05, 0) is 100 Å². The van der Waals surface area contributed by atoms with E-state index in [1.807, 2.05) is 45.2 Å². The Balaban J connectivity index is 2.53. The molecule has 2 aromatic rings. The average Bonchev–Trinajstić information content (AvgIpc) is 2.89.